The number of aliphatic hydroxyl groups is 1. The number of aromatic nitrogens is 3. The third-order valence-electron chi connectivity index (χ3n) is 4.32. The van der Waals surface area contributed by atoms with Gasteiger partial charge in [0.2, 0.25) is 0 Å². The molecule has 2 aromatic heterocycles. The molecule has 4 aromatic rings. The van der Waals surface area contributed by atoms with Gasteiger partial charge in [-0.25, -0.2) is 4.98 Å². The Morgan fingerprint density at radius 2 is 1.54 bits per heavy atom. The average molecular weight is 341 g/mol. The molecule has 2 aromatic carbocycles. The molecule has 1 unspecified atom stereocenters. The van der Waals surface area contributed by atoms with Crippen LogP contribution in [0.15, 0.2) is 85.2 Å². The normalized spacial score (nSPS) is 12.0. The smallest absolute Gasteiger partial charge is 0.139 e. The van der Waals surface area contributed by atoms with Gasteiger partial charge >= 0.3 is 0 Å². The summed E-state index contributed by atoms with van der Waals surface area (Å²) in [5.74, 6) is 0.707. The Hall–Kier alpha value is -3.24. The summed E-state index contributed by atoms with van der Waals surface area (Å²) in [5.41, 5.74) is 4.44. The number of rotatable bonds is 5. The molecule has 0 aliphatic carbocycles. The van der Waals surface area contributed by atoms with E-state index in [1.807, 2.05) is 72.8 Å². The van der Waals surface area contributed by atoms with Gasteiger partial charge in [-0.05, 0) is 17.7 Å². The van der Waals surface area contributed by atoms with E-state index < -0.39 is 6.10 Å². The lowest BCUT2D eigenvalue weighted by Crippen LogP contribution is -2.04. The fraction of sp³-hybridized carbons (Fsp3) is 0.0909. The SMILES string of the molecule is OC(Cc1ccccc1)c1[nH]c(-c2cccnc2)nc1-c1ccccc1. The number of imidazole rings is 1. The molecule has 0 fully saturated rings. The molecule has 2 heterocycles. The van der Waals surface area contributed by atoms with Gasteiger partial charge in [0, 0.05) is 29.9 Å². The summed E-state index contributed by atoms with van der Waals surface area (Å²) in [6.45, 7) is 0. The number of pyridine rings is 1. The maximum absolute atomic E-state index is 10.9. The number of nitrogens with one attached hydrogen (secondary N) is 1. The van der Waals surface area contributed by atoms with Crippen molar-refractivity contribution in [2.24, 2.45) is 0 Å². The van der Waals surface area contributed by atoms with Crippen LogP contribution in [0.1, 0.15) is 17.4 Å². The van der Waals surface area contributed by atoms with Gasteiger partial charge in [-0.1, -0.05) is 60.7 Å². The summed E-state index contributed by atoms with van der Waals surface area (Å²) in [6, 6.07) is 23.7. The van der Waals surface area contributed by atoms with Gasteiger partial charge in [-0.15, -0.1) is 0 Å². The lowest BCUT2D eigenvalue weighted by molar-refractivity contribution is 0.175. The van der Waals surface area contributed by atoms with Crippen molar-refractivity contribution in [3.8, 4) is 22.6 Å². The fourth-order valence-corrected chi connectivity index (χ4v) is 3.02. The Morgan fingerprint density at radius 1 is 0.846 bits per heavy atom. The van der Waals surface area contributed by atoms with E-state index >= 15 is 0 Å². The quantitative estimate of drug-likeness (QED) is 0.565. The predicted octanol–water partition coefficient (Wildman–Crippen LogP) is 4.41. The van der Waals surface area contributed by atoms with E-state index in [2.05, 4.69) is 9.97 Å². The molecule has 0 spiro atoms. The van der Waals surface area contributed by atoms with Gasteiger partial charge in [-0.3, -0.25) is 4.98 Å². The third-order valence-corrected chi connectivity index (χ3v) is 4.32. The standard InChI is InChI=1S/C22H19N3O/c26-19(14-16-8-3-1-4-9-16)21-20(17-10-5-2-6-11-17)24-22(25-21)18-12-7-13-23-15-18/h1-13,15,19,26H,14H2,(H,24,25). The first kappa shape index (κ1) is 16.2. The van der Waals surface area contributed by atoms with Crippen LogP contribution in [-0.4, -0.2) is 20.1 Å². The number of hydrogen-bond acceptors (Lipinski definition) is 3. The Morgan fingerprint density at radius 3 is 2.23 bits per heavy atom. The molecule has 0 bridgehead atoms. The number of benzene rings is 2. The van der Waals surface area contributed by atoms with Crippen LogP contribution in [0.2, 0.25) is 0 Å². The van der Waals surface area contributed by atoms with Crippen LogP contribution in [0.25, 0.3) is 22.6 Å². The van der Waals surface area contributed by atoms with Gasteiger partial charge in [-0.2, -0.15) is 0 Å². The zero-order valence-electron chi connectivity index (χ0n) is 14.2. The fourth-order valence-electron chi connectivity index (χ4n) is 3.02. The third kappa shape index (κ3) is 3.41. The van der Waals surface area contributed by atoms with Crippen molar-refractivity contribution in [3.05, 3.63) is 96.4 Å². The highest BCUT2D eigenvalue weighted by Gasteiger charge is 2.20. The van der Waals surface area contributed by atoms with Crippen LogP contribution in [0.3, 0.4) is 0 Å². The molecule has 1 atom stereocenters. The van der Waals surface area contributed by atoms with E-state index in [-0.39, 0.29) is 0 Å². The molecular weight excluding hydrogens is 322 g/mol. The van der Waals surface area contributed by atoms with Crippen molar-refractivity contribution in [2.45, 2.75) is 12.5 Å². The van der Waals surface area contributed by atoms with Gasteiger partial charge in [0.1, 0.15) is 11.9 Å². The molecule has 4 nitrogen and oxygen atoms in total. The summed E-state index contributed by atoms with van der Waals surface area (Å²) in [4.78, 5) is 12.2. The summed E-state index contributed by atoms with van der Waals surface area (Å²) in [7, 11) is 0. The minimum atomic E-state index is -0.675. The lowest BCUT2D eigenvalue weighted by atomic mass is 10.0. The minimum Gasteiger partial charge on any atom is -0.386 e. The van der Waals surface area contributed by atoms with Crippen molar-refractivity contribution >= 4 is 0 Å². The second kappa shape index (κ2) is 7.33. The number of nitrogens with zero attached hydrogens (tertiary/aromatic N) is 2. The van der Waals surface area contributed by atoms with Crippen molar-refractivity contribution in [2.75, 3.05) is 0 Å². The van der Waals surface area contributed by atoms with Crippen LogP contribution in [0.4, 0.5) is 0 Å². The van der Waals surface area contributed by atoms with Crippen molar-refractivity contribution in [1.82, 2.24) is 15.0 Å². The molecule has 0 saturated heterocycles. The minimum absolute atomic E-state index is 0.523. The number of hydrogen-bond donors (Lipinski definition) is 2. The second-order valence-electron chi connectivity index (χ2n) is 6.16. The van der Waals surface area contributed by atoms with E-state index in [1.54, 1.807) is 12.4 Å². The van der Waals surface area contributed by atoms with Crippen LogP contribution >= 0.6 is 0 Å². The molecule has 0 aliphatic rings. The number of aliphatic hydroxyl groups excluding tert-OH is 1. The zero-order chi connectivity index (χ0) is 17.8. The second-order valence-corrected chi connectivity index (χ2v) is 6.16. The van der Waals surface area contributed by atoms with Crippen LogP contribution < -0.4 is 0 Å². The molecular formula is C22H19N3O. The molecule has 0 amide bonds. The van der Waals surface area contributed by atoms with Crippen LogP contribution in [-0.2, 0) is 6.42 Å². The highest BCUT2D eigenvalue weighted by molar-refractivity contribution is 5.67. The number of H-pyrrole nitrogens is 1. The highest BCUT2D eigenvalue weighted by Crippen LogP contribution is 2.31. The van der Waals surface area contributed by atoms with Crippen molar-refractivity contribution in [3.63, 3.8) is 0 Å². The van der Waals surface area contributed by atoms with E-state index in [9.17, 15) is 5.11 Å². The van der Waals surface area contributed by atoms with Crippen molar-refractivity contribution in [1.29, 1.82) is 0 Å². The monoisotopic (exact) mass is 341 g/mol. The topological polar surface area (TPSA) is 61.8 Å². The first-order valence-corrected chi connectivity index (χ1v) is 8.59. The predicted molar refractivity (Wildman–Crippen MR) is 102 cm³/mol. The van der Waals surface area contributed by atoms with E-state index in [1.165, 1.54) is 0 Å². The molecule has 4 rings (SSSR count). The molecule has 128 valence electrons. The average Bonchev–Trinajstić information content (AvgIpc) is 3.16. The number of aromatic amines is 1. The molecule has 0 saturated carbocycles. The molecule has 2 N–H and O–H groups in total. The largest absolute Gasteiger partial charge is 0.386 e. The Bertz CT molecular complexity index is 966. The lowest BCUT2D eigenvalue weighted by Gasteiger charge is -2.11. The first-order chi connectivity index (χ1) is 12.8. The maximum atomic E-state index is 10.9. The summed E-state index contributed by atoms with van der Waals surface area (Å²) >= 11 is 0. The van der Waals surface area contributed by atoms with E-state index in [0.29, 0.717) is 12.2 Å². The Labute approximate surface area is 152 Å². The highest BCUT2D eigenvalue weighted by atomic mass is 16.3. The molecule has 0 radical (unpaired) electrons. The summed E-state index contributed by atoms with van der Waals surface area (Å²) in [5, 5.41) is 10.9. The van der Waals surface area contributed by atoms with Gasteiger partial charge in [0.15, 0.2) is 0 Å². The molecule has 0 aliphatic heterocycles. The van der Waals surface area contributed by atoms with Gasteiger partial charge < -0.3 is 10.1 Å². The Kier molecular flexibility index (Phi) is 4.58. The van der Waals surface area contributed by atoms with Gasteiger partial charge in [0.25, 0.3) is 0 Å². The Balaban J connectivity index is 1.75. The summed E-state index contributed by atoms with van der Waals surface area (Å²) in [6.07, 6.45) is 3.34. The van der Waals surface area contributed by atoms with Crippen LogP contribution in [0.5, 0.6) is 0 Å². The van der Waals surface area contributed by atoms with Crippen LogP contribution in [0, 0.1) is 0 Å². The maximum Gasteiger partial charge on any atom is 0.139 e. The zero-order valence-corrected chi connectivity index (χ0v) is 14.2. The van der Waals surface area contributed by atoms with E-state index in [4.69, 9.17) is 4.98 Å². The summed E-state index contributed by atoms with van der Waals surface area (Å²) < 4.78 is 0. The van der Waals surface area contributed by atoms with E-state index in [0.717, 1.165) is 28.1 Å². The van der Waals surface area contributed by atoms with Gasteiger partial charge in [0.05, 0.1) is 11.4 Å². The van der Waals surface area contributed by atoms with Crippen molar-refractivity contribution < 1.29 is 5.11 Å². The first-order valence-electron chi connectivity index (χ1n) is 8.59. The molecule has 4 heteroatoms. The molecule has 26 heavy (non-hydrogen) atoms.